The van der Waals surface area contributed by atoms with Gasteiger partial charge in [-0.15, -0.1) is 11.3 Å². The van der Waals surface area contributed by atoms with Gasteiger partial charge in [0.2, 0.25) is 10.0 Å². The summed E-state index contributed by atoms with van der Waals surface area (Å²) in [6.07, 6.45) is -0.785. The van der Waals surface area contributed by atoms with Crippen molar-refractivity contribution in [2.24, 2.45) is 0 Å². The maximum atomic E-state index is 13.7. The predicted molar refractivity (Wildman–Crippen MR) is 123 cm³/mol. The van der Waals surface area contributed by atoms with Crippen molar-refractivity contribution in [1.29, 1.82) is 0 Å². The van der Waals surface area contributed by atoms with Crippen LogP contribution in [0.2, 0.25) is 0 Å². The number of hydrogen-bond acceptors (Lipinski definition) is 7. The Morgan fingerprint density at radius 1 is 1.15 bits per heavy atom. The van der Waals surface area contributed by atoms with Crippen LogP contribution in [-0.4, -0.2) is 48.6 Å². The number of nitrogens with one attached hydrogen (secondary N) is 1. The van der Waals surface area contributed by atoms with E-state index in [4.69, 9.17) is 4.74 Å². The van der Waals surface area contributed by atoms with E-state index >= 15 is 0 Å². The lowest BCUT2D eigenvalue weighted by Gasteiger charge is -2.33. The molecule has 1 amide bonds. The molecule has 8 nitrogen and oxygen atoms in total. The number of hydroxylamine groups is 1. The molecule has 1 unspecified atom stereocenters. The highest BCUT2D eigenvalue weighted by molar-refractivity contribution is 7.89. The average molecular weight is 489 g/mol. The fraction of sp³-hybridized carbons (Fsp3) is 0.261. The van der Waals surface area contributed by atoms with Crippen molar-refractivity contribution in [3.63, 3.8) is 0 Å². The molecule has 174 valence electrons. The van der Waals surface area contributed by atoms with Crippen LogP contribution < -0.4 is 10.2 Å². The molecule has 3 aromatic rings. The topological polar surface area (TPSA) is 116 Å². The van der Waals surface area contributed by atoms with Crippen molar-refractivity contribution in [1.82, 2.24) is 9.79 Å². The Hall–Kier alpha value is -2.76. The monoisotopic (exact) mass is 488 g/mol. The fourth-order valence-corrected chi connectivity index (χ4v) is 6.82. The second-order valence-electron chi connectivity index (χ2n) is 7.72. The Kier molecular flexibility index (Phi) is 6.82. The van der Waals surface area contributed by atoms with Gasteiger partial charge in [0.1, 0.15) is 17.9 Å². The second-order valence-corrected chi connectivity index (χ2v) is 10.6. The van der Waals surface area contributed by atoms with E-state index in [1.54, 1.807) is 11.5 Å². The Labute approximate surface area is 196 Å². The lowest BCUT2D eigenvalue weighted by Crippen LogP contribution is -2.52. The number of hydrogen-bond donors (Lipinski definition) is 3. The minimum absolute atomic E-state index is 0.0463. The summed E-state index contributed by atoms with van der Waals surface area (Å²) >= 11 is 1.31. The molecule has 3 atom stereocenters. The van der Waals surface area contributed by atoms with Crippen LogP contribution in [0, 0.1) is 0 Å². The van der Waals surface area contributed by atoms with Crippen LogP contribution in [0.1, 0.15) is 28.0 Å². The molecule has 0 saturated carbocycles. The zero-order valence-electron chi connectivity index (χ0n) is 17.8. The summed E-state index contributed by atoms with van der Waals surface area (Å²) in [5.74, 6) is -1.01. The SMILES string of the molecule is COc1ccc(S(=O)(=O)N2C[C@H](O)c3sccc3[C@H](Cc3ccccc3)C2C(=O)NO)cc1. The molecule has 10 heteroatoms. The van der Waals surface area contributed by atoms with Gasteiger partial charge in [-0.1, -0.05) is 30.3 Å². The molecule has 1 aromatic heterocycles. The Bertz CT molecular complexity index is 1210. The molecule has 0 radical (unpaired) electrons. The van der Waals surface area contributed by atoms with Crippen molar-refractivity contribution < 1.29 is 28.3 Å². The predicted octanol–water partition coefficient (Wildman–Crippen LogP) is 2.69. The van der Waals surface area contributed by atoms with E-state index in [0.29, 0.717) is 22.6 Å². The number of aliphatic hydroxyl groups is 1. The number of rotatable bonds is 6. The largest absolute Gasteiger partial charge is 0.497 e. The van der Waals surface area contributed by atoms with Gasteiger partial charge in [-0.3, -0.25) is 10.0 Å². The first-order valence-electron chi connectivity index (χ1n) is 10.3. The van der Waals surface area contributed by atoms with Gasteiger partial charge in [0, 0.05) is 17.3 Å². The highest BCUT2D eigenvalue weighted by atomic mass is 32.2. The minimum atomic E-state index is -4.22. The van der Waals surface area contributed by atoms with Gasteiger partial charge in [-0.05, 0) is 53.3 Å². The summed E-state index contributed by atoms with van der Waals surface area (Å²) in [5.41, 5.74) is 3.23. The van der Waals surface area contributed by atoms with Crippen LogP contribution in [-0.2, 0) is 21.2 Å². The lowest BCUT2D eigenvalue weighted by atomic mass is 9.86. The molecule has 1 aliphatic heterocycles. The Morgan fingerprint density at radius 2 is 1.85 bits per heavy atom. The molecule has 0 aliphatic carbocycles. The summed E-state index contributed by atoms with van der Waals surface area (Å²) in [4.78, 5) is 13.5. The van der Waals surface area contributed by atoms with E-state index < -0.39 is 34.0 Å². The third-order valence-corrected chi connectivity index (χ3v) is 8.71. The van der Waals surface area contributed by atoms with E-state index in [-0.39, 0.29) is 11.4 Å². The third kappa shape index (κ3) is 4.53. The van der Waals surface area contributed by atoms with Crippen molar-refractivity contribution in [2.45, 2.75) is 29.4 Å². The van der Waals surface area contributed by atoms with E-state index in [9.17, 15) is 23.5 Å². The van der Waals surface area contributed by atoms with Crippen LogP contribution in [0.4, 0.5) is 0 Å². The van der Waals surface area contributed by atoms with E-state index in [0.717, 1.165) is 9.87 Å². The summed E-state index contributed by atoms with van der Waals surface area (Å²) in [6, 6.07) is 15.7. The molecule has 0 saturated heterocycles. The highest BCUT2D eigenvalue weighted by Gasteiger charge is 2.46. The maximum Gasteiger partial charge on any atom is 0.262 e. The van der Waals surface area contributed by atoms with Crippen LogP contribution >= 0.6 is 11.3 Å². The van der Waals surface area contributed by atoms with Crippen LogP contribution in [0.15, 0.2) is 70.9 Å². The maximum absolute atomic E-state index is 13.7. The number of aliphatic hydroxyl groups excluding tert-OH is 1. The zero-order chi connectivity index (χ0) is 23.6. The average Bonchev–Trinajstić information content (AvgIpc) is 3.29. The highest BCUT2D eigenvalue weighted by Crippen LogP contribution is 2.41. The molecule has 4 rings (SSSR count). The van der Waals surface area contributed by atoms with Crippen molar-refractivity contribution in [3.05, 3.63) is 82.0 Å². The third-order valence-electron chi connectivity index (χ3n) is 5.82. The van der Waals surface area contributed by atoms with Gasteiger partial charge >= 0.3 is 0 Å². The number of β-amino-alcohol motifs (C(OH)–C–C–N with tert-alkyl or cyclic N) is 1. The van der Waals surface area contributed by atoms with E-state index in [1.165, 1.54) is 42.7 Å². The standard InChI is InChI=1S/C23H24N2O6S2/c1-31-16-7-9-17(10-8-16)33(29,30)25-14-20(26)22-18(11-12-32-22)19(21(25)23(27)24-28)13-15-5-3-2-4-6-15/h2-12,19-21,26,28H,13-14H2,1H3,(H,24,27)/t19-,20-,21?/m0/s1. The molecular formula is C23H24N2O6S2. The van der Waals surface area contributed by atoms with Crippen LogP contribution in [0.25, 0.3) is 0 Å². The van der Waals surface area contributed by atoms with Gasteiger partial charge < -0.3 is 9.84 Å². The number of sulfonamides is 1. The summed E-state index contributed by atoms with van der Waals surface area (Å²) in [7, 11) is -2.74. The number of thiophene rings is 1. The zero-order valence-corrected chi connectivity index (χ0v) is 19.4. The molecule has 3 N–H and O–H groups in total. The van der Waals surface area contributed by atoms with Gasteiger partial charge in [0.05, 0.1) is 12.0 Å². The number of carbonyl (C=O) groups is 1. The Balaban J connectivity index is 1.85. The molecule has 2 aromatic carbocycles. The van der Waals surface area contributed by atoms with Crippen molar-refractivity contribution in [2.75, 3.05) is 13.7 Å². The summed E-state index contributed by atoms with van der Waals surface area (Å²) in [6.45, 7) is -0.328. The number of amides is 1. The molecule has 0 bridgehead atoms. The lowest BCUT2D eigenvalue weighted by molar-refractivity contribution is -0.134. The van der Waals surface area contributed by atoms with Crippen molar-refractivity contribution in [3.8, 4) is 5.75 Å². The van der Waals surface area contributed by atoms with E-state index in [2.05, 4.69) is 0 Å². The first kappa shape index (κ1) is 23.4. The smallest absolute Gasteiger partial charge is 0.262 e. The van der Waals surface area contributed by atoms with Gasteiger partial charge in [0.15, 0.2) is 0 Å². The van der Waals surface area contributed by atoms with Gasteiger partial charge in [0.25, 0.3) is 5.91 Å². The minimum Gasteiger partial charge on any atom is -0.497 e. The van der Waals surface area contributed by atoms with Gasteiger partial charge in [-0.25, -0.2) is 13.9 Å². The van der Waals surface area contributed by atoms with Crippen LogP contribution in [0.3, 0.4) is 0 Å². The number of methoxy groups -OCH3 is 1. The number of ether oxygens (including phenoxy) is 1. The summed E-state index contributed by atoms with van der Waals surface area (Å²) in [5, 5.41) is 22.3. The molecule has 0 spiro atoms. The van der Waals surface area contributed by atoms with Crippen LogP contribution in [0.5, 0.6) is 5.75 Å². The molecule has 33 heavy (non-hydrogen) atoms. The fourth-order valence-electron chi connectivity index (χ4n) is 4.25. The first-order valence-corrected chi connectivity index (χ1v) is 12.6. The Morgan fingerprint density at radius 3 is 2.48 bits per heavy atom. The van der Waals surface area contributed by atoms with Gasteiger partial charge in [-0.2, -0.15) is 4.31 Å². The molecule has 2 heterocycles. The molecular weight excluding hydrogens is 464 g/mol. The van der Waals surface area contributed by atoms with E-state index in [1.807, 2.05) is 35.7 Å². The first-order chi connectivity index (χ1) is 15.9. The van der Waals surface area contributed by atoms with Crippen molar-refractivity contribution >= 4 is 27.3 Å². The molecule has 0 fully saturated rings. The molecule has 1 aliphatic rings. The normalized spacial score (nSPS) is 21.1. The number of carbonyl (C=O) groups excluding carboxylic acids is 1. The number of nitrogens with zero attached hydrogens (tertiary/aromatic N) is 1. The summed E-state index contributed by atoms with van der Waals surface area (Å²) < 4.78 is 33.5. The quantitative estimate of drug-likeness (QED) is 0.363. The number of fused-ring (bicyclic) bond motifs is 1. The number of benzene rings is 2. The second kappa shape index (κ2) is 9.62.